The summed E-state index contributed by atoms with van der Waals surface area (Å²) >= 11 is 0. The van der Waals surface area contributed by atoms with Gasteiger partial charge in [0.15, 0.2) is 0 Å². The quantitative estimate of drug-likeness (QED) is 0.117. The Bertz CT molecular complexity index is 2110. The molecule has 0 bridgehead atoms. The van der Waals surface area contributed by atoms with Gasteiger partial charge in [-0.2, -0.15) is 20.7 Å². The van der Waals surface area contributed by atoms with Gasteiger partial charge in [0, 0.05) is 89.0 Å². The van der Waals surface area contributed by atoms with Crippen molar-refractivity contribution in [2.75, 3.05) is 99.1 Å². The van der Waals surface area contributed by atoms with Gasteiger partial charge < -0.3 is 39.7 Å². The van der Waals surface area contributed by atoms with Crippen LogP contribution in [-0.2, 0) is 19.1 Å². The number of aromatic amines is 2. The second-order valence-electron chi connectivity index (χ2n) is 14.9. The molecule has 0 saturated carbocycles. The summed E-state index contributed by atoms with van der Waals surface area (Å²) in [6, 6.07) is 11.3. The number of ether oxygens (including phenoxy) is 2. The number of piperazine rings is 2. The lowest BCUT2D eigenvalue weighted by Crippen LogP contribution is -2.49. The summed E-state index contributed by atoms with van der Waals surface area (Å²) in [6.45, 7) is 14.4. The van der Waals surface area contributed by atoms with Crippen molar-refractivity contribution in [2.45, 2.75) is 52.7 Å². The summed E-state index contributed by atoms with van der Waals surface area (Å²) in [5.41, 5.74) is 3.12. The number of nitrogens with zero attached hydrogens (tertiary/aromatic N) is 10. The van der Waals surface area contributed by atoms with E-state index in [4.69, 9.17) is 20.0 Å². The predicted octanol–water partition coefficient (Wildman–Crippen LogP) is 1.80. The fraction of sp³-hybridized carbons (Fsp3) is 0.476. The molecule has 2 atom stereocenters. The van der Waals surface area contributed by atoms with Gasteiger partial charge in [-0.3, -0.25) is 19.2 Å². The van der Waals surface area contributed by atoms with Crippen molar-refractivity contribution in [3.63, 3.8) is 0 Å². The number of aromatic nitrogens is 6. The van der Waals surface area contributed by atoms with Crippen molar-refractivity contribution < 1.29 is 19.1 Å². The Hall–Kier alpha value is -6.90. The number of rotatable bonds is 16. The number of nitriles is 2. The molecule has 2 amide bonds. The number of hydrogen-bond donors (Lipinski definition) is 4. The van der Waals surface area contributed by atoms with Crippen LogP contribution in [-0.4, -0.2) is 143 Å². The first kappa shape index (κ1) is 46.2. The van der Waals surface area contributed by atoms with Crippen LogP contribution in [0.1, 0.15) is 48.9 Å². The van der Waals surface area contributed by atoms with E-state index < -0.39 is 0 Å². The van der Waals surface area contributed by atoms with Gasteiger partial charge in [-0.05, 0) is 52.0 Å². The van der Waals surface area contributed by atoms with E-state index in [-0.39, 0.29) is 35.1 Å². The molecule has 2 aliphatic heterocycles. The van der Waals surface area contributed by atoms with Crippen LogP contribution in [0.2, 0.25) is 0 Å². The highest BCUT2D eigenvalue weighted by molar-refractivity contribution is 5.77. The third-order valence-corrected chi connectivity index (χ3v) is 10.4. The van der Waals surface area contributed by atoms with E-state index in [0.717, 1.165) is 11.6 Å². The number of pyridine rings is 2. The topological polar surface area (TPSA) is 254 Å². The molecule has 4 aromatic heterocycles. The Morgan fingerprint density at radius 2 is 1.05 bits per heavy atom. The highest BCUT2D eigenvalue weighted by Crippen LogP contribution is 2.17. The maximum Gasteiger partial charge on any atom is 0.269 e. The lowest BCUT2D eigenvalue weighted by molar-refractivity contribution is -0.135. The molecule has 2 aliphatic rings. The first-order valence-electron chi connectivity index (χ1n) is 20.5. The molecule has 62 heavy (non-hydrogen) atoms. The largest absolute Gasteiger partial charge is 0.381 e. The molecule has 20 nitrogen and oxygen atoms in total. The van der Waals surface area contributed by atoms with E-state index in [1.165, 1.54) is 0 Å². The molecule has 0 spiro atoms. The number of nitrogens with one attached hydrogen (secondary N) is 4. The molecule has 6 heterocycles. The highest BCUT2D eigenvalue weighted by atomic mass is 16.5. The molecular weight excluding hydrogens is 797 g/mol. The molecule has 2 saturated heterocycles. The summed E-state index contributed by atoms with van der Waals surface area (Å²) in [4.78, 5) is 64.8. The van der Waals surface area contributed by atoms with Gasteiger partial charge in [0.25, 0.3) is 11.1 Å². The van der Waals surface area contributed by atoms with Gasteiger partial charge in [0.1, 0.15) is 23.8 Å². The van der Waals surface area contributed by atoms with Gasteiger partial charge in [0.05, 0.1) is 73.2 Å². The molecule has 0 aromatic carbocycles. The zero-order valence-corrected chi connectivity index (χ0v) is 35.6. The summed E-state index contributed by atoms with van der Waals surface area (Å²) in [5.74, 6) is 1.78. The average molecular weight is 851 g/mol. The van der Waals surface area contributed by atoms with Crippen molar-refractivity contribution in [3.8, 4) is 12.1 Å². The molecule has 0 aliphatic carbocycles. The van der Waals surface area contributed by atoms with Crippen LogP contribution in [0.25, 0.3) is 0 Å². The Kier molecular flexibility index (Phi) is 17.3. The smallest absolute Gasteiger partial charge is 0.269 e. The second-order valence-corrected chi connectivity index (χ2v) is 14.9. The Labute approximate surface area is 359 Å². The second kappa shape index (κ2) is 23.2. The van der Waals surface area contributed by atoms with Gasteiger partial charge in [-0.25, -0.2) is 20.2 Å². The summed E-state index contributed by atoms with van der Waals surface area (Å²) in [6.07, 6.45) is 6.49. The third kappa shape index (κ3) is 13.6. The van der Waals surface area contributed by atoms with Crippen LogP contribution >= 0.6 is 0 Å². The Balaban J connectivity index is 0.000000234. The number of hydrogen-bond acceptors (Lipinski definition) is 16. The van der Waals surface area contributed by atoms with E-state index in [0.29, 0.717) is 125 Å². The van der Waals surface area contributed by atoms with E-state index >= 15 is 0 Å². The number of amides is 2. The summed E-state index contributed by atoms with van der Waals surface area (Å²) in [7, 11) is 0. The van der Waals surface area contributed by atoms with Crippen molar-refractivity contribution in [3.05, 3.63) is 92.0 Å². The minimum atomic E-state index is -0.222. The Morgan fingerprint density at radius 3 is 1.39 bits per heavy atom. The highest BCUT2D eigenvalue weighted by Gasteiger charge is 2.25. The van der Waals surface area contributed by atoms with Crippen LogP contribution in [0.15, 0.2) is 58.6 Å². The summed E-state index contributed by atoms with van der Waals surface area (Å²) in [5, 5.41) is 36.3. The maximum atomic E-state index is 12.6. The summed E-state index contributed by atoms with van der Waals surface area (Å²) < 4.78 is 11.5. The van der Waals surface area contributed by atoms with Gasteiger partial charge >= 0.3 is 0 Å². The molecular formula is C42H54N14O6. The lowest BCUT2D eigenvalue weighted by Gasteiger charge is -2.35. The first-order chi connectivity index (χ1) is 29.9. The monoisotopic (exact) mass is 850 g/mol. The number of anilines is 4. The molecule has 0 radical (unpaired) electrons. The molecule has 0 unspecified atom stereocenters. The minimum absolute atomic E-state index is 0.0718. The molecule has 6 rings (SSSR count). The number of H-pyrrole nitrogens is 2. The minimum Gasteiger partial charge on any atom is -0.381 e. The van der Waals surface area contributed by atoms with Crippen LogP contribution < -0.4 is 31.6 Å². The van der Waals surface area contributed by atoms with E-state index in [1.54, 1.807) is 50.8 Å². The molecule has 2 fully saturated rings. The number of carbonyl (C=O) groups is 2. The van der Waals surface area contributed by atoms with E-state index in [1.807, 2.05) is 35.8 Å². The molecule has 4 N–H and O–H groups in total. The predicted molar refractivity (Wildman–Crippen MR) is 232 cm³/mol. The zero-order valence-electron chi connectivity index (χ0n) is 35.6. The van der Waals surface area contributed by atoms with Crippen LogP contribution in [0.4, 0.5) is 23.0 Å². The molecule has 4 aromatic rings. The van der Waals surface area contributed by atoms with Crippen molar-refractivity contribution in [1.29, 1.82) is 10.5 Å². The van der Waals surface area contributed by atoms with E-state index in [2.05, 4.69) is 62.9 Å². The third-order valence-electron chi connectivity index (χ3n) is 10.4. The van der Waals surface area contributed by atoms with Crippen molar-refractivity contribution in [2.24, 2.45) is 0 Å². The zero-order chi connectivity index (χ0) is 44.4. The van der Waals surface area contributed by atoms with Crippen LogP contribution in [0.5, 0.6) is 0 Å². The molecule has 20 heteroatoms. The van der Waals surface area contributed by atoms with Gasteiger partial charge in [-0.15, -0.1) is 0 Å². The maximum absolute atomic E-state index is 12.6. The lowest BCUT2D eigenvalue weighted by atomic mass is 10.2. The fourth-order valence-electron chi connectivity index (χ4n) is 6.68. The van der Waals surface area contributed by atoms with Crippen LogP contribution in [0.3, 0.4) is 0 Å². The van der Waals surface area contributed by atoms with Crippen LogP contribution in [0, 0.1) is 36.5 Å². The normalized spacial score (nSPS) is 14.7. The first-order valence-corrected chi connectivity index (χ1v) is 20.5. The average Bonchev–Trinajstić information content (AvgIpc) is 3.29. The van der Waals surface area contributed by atoms with Crippen molar-refractivity contribution in [1.82, 2.24) is 40.2 Å². The molecule has 328 valence electrons. The van der Waals surface area contributed by atoms with Crippen molar-refractivity contribution >= 4 is 34.8 Å². The van der Waals surface area contributed by atoms with Gasteiger partial charge in [0.2, 0.25) is 11.8 Å². The SMILES string of the molecule is Cc1c(NCCO[C@@H](C)CC(=O)N2CCN(c3ccc(C#N)cn3)CC2)cn[nH]c1=O.Cc1c(NCCO[C@H](C)CC(=O)N2CCN(c3ccc(C#N)cn3)CC2)cn[nH]c1=O. The van der Waals surface area contributed by atoms with Gasteiger partial charge in [-0.1, -0.05) is 0 Å². The fourth-order valence-corrected chi connectivity index (χ4v) is 6.68. The number of carbonyl (C=O) groups excluding carboxylic acids is 2. The van der Waals surface area contributed by atoms with E-state index in [9.17, 15) is 19.2 Å². The standard InChI is InChI=1S/2C21H27N7O3/c2*1-15(31-10-5-23-18-14-25-26-21(30)16(18)2)11-20(29)28-8-6-27(7-9-28)19-4-3-17(12-22)13-24-19/h2*3-4,13-15H,5-11H2,1-2H3,(H2,23,26,30)/t2*15-/m10/s1. The Morgan fingerprint density at radius 1 is 0.661 bits per heavy atom.